The zero-order chi connectivity index (χ0) is 15.2. The minimum Gasteiger partial charge on any atom is -0.476 e. The first-order valence-electron chi connectivity index (χ1n) is 5.85. The van der Waals surface area contributed by atoms with Crippen LogP contribution in [0.5, 0.6) is 0 Å². The van der Waals surface area contributed by atoms with Gasteiger partial charge in [0.2, 0.25) is 5.91 Å². The van der Waals surface area contributed by atoms with E-state index >= 15 is 0 Å². The van der Waals surface area contributed by atoms with Crippen LogP contribution in [0.1, 0.15) is 16.1 Å². The third-order valence-corrected chi connectivity index (χ3v) is 2.42. The molecule has 0 bridgehead atoms. The second-order valence-corrected chi connectivity index (χ2v) is 3.94. The van der Waals surface area contributed by atoms with Gasteiger partial charge in [-0.3, -0.25) is 4.79 Å². The first kappa shape index (κ1) is 14.3. The number of hydrogen-bond acceptors (Lipinski definition) is 4. The number of amides is 1. The smallest absolute Gasteiger partial charge is 0.358 e. The van der Waals surface area contributed by atoms with Crippen molar-refractivity contribution in [3.8, 4) is 0 Å². The molecule has 0 fully saturated rings. The monoisotopic (exact) mass is 287 g/mol. The summed E-state index contributed by atoms with van der Waals surface area (Å²) < 4.78 is 13.0. The van der Waals surface area contributed by atoms with Gasteiger partial charge in [-0.05, 0) is 23.8 Å². The lowest BCUT2D eigenvalue weighted by Gasteiger charge is -2.03. The summed E-state index contributed by atoms with van der Waals surface area (Å²) in [4.78, 5) is 30.0. The van der Waals surface area contributed by atoms with Crippen molar-refractivity contribution >= 4 is 23.8 Å². The Balaban J connectivity index is 2.10. The number of carbonyl (C=O) groups is 2. The third-order valence-electron chi connectivity index (χ3n) is 2.42. The van der Waals surface area contributed by atoms with Gasteiger partial charge in [0.05, 0.1) is 0 Å². The molecule has 0 aliphatic carbocycles. The van der Waals surface area contributed by atoms with E-state index in [0.717, 1.165) is 6.08 Å². The Labute approximate surface area is 119 Å². The molecule has 106 valence electrons. The second kappa shape index (κ2) is 6.38. The van der Waals surface area contributed by atoms with Gasteiger partial charge in [0, 0.05) is 18.5 Å². The summed E-state index contributed by atoms with van der Waals surface area (Å²) in [6.07, 6.45) is 5.02. The Kier molecular flexibility index (Phi) is 4.35. The van der Waals surface area contributed by atoms with Crippen molar-refractivity contribution in [2.24, 2.45) is 0 Å². The van der Waals surface area contributed by atoms with E-state index in [1.807, 2.05) is 0 Å². The number of carbonyl (C=O) groups excluding carboxylic acids is 1. The van der Waals surface area contributed by atoms with Crippen LogP contribution in [-0.4, -0.2) is 27.0 Å². The van der Waals surface area contributed by atoms with Crippen LogP contribution in [0, 0.1) is 5.82 Å². The molecule has 0 atom stereocenters. The van der Waals surface area contributed by atoms with Crippen molar-refractivity contribution in [3.05, 3.63) is 59.8 Å². The quantitative estimate of drug-likeness (QED) is 0.839. The lowest BCUT2D eigenvalue weighted by atomic mass is 10.2. The molecular weight excluding hydrogens is 277 g/mol. The highest BCUT2D eigenvalue weighted by Gasteiger charge is 2.13. The highest BCUT2D eigenvalue weighted by molar-refractivity contribution is 6.04. The second-order valence-electron chi connectivity index (χ2n) is 3.94. The molecule has 2 rings (SSSR count). The molecule has 0 radical (unpaired) electrons. The molecule has 0 aliphatic heterocycles. The van der Waals surface area contributed by atoms with Gasteiger partial charge in [0.1, 0.15) is 5.82 Å². The molecule has 0 unspecified atom stereocenters. The molecule has 0 saturated carbocycles. The minimum absolute atomic E-state index is 0.154. The van der Waals surface area contributed by atoms with E-state index < -0.39 is 17.7 Å². The van der Waals surface area contributed by atoms with Gasteiger partial charge in [0.25, 0.3) is 0 Å². The van der Waals surface area contributed by atoms with Crippen molar-refractivity contribution in [1.29, 1.82) is 0 Å². The number of carboxylic acids is 1. The normalized spacial score (nSPS) is 10.5. The fraction of sp³-hybridized carbons (Fsp3) is 0. The van der Waals surface area contributed by atoms with E-state index in [1.165, 1.54) is 36.7 Å². The maximum absolute atomic E-state index is 13.0. The highest BCUT2D eigenvalue weighted by Crippen LogP contribution is 2.09. The van der Waals surface area contributed by atoms with Crippen LogP contribution in [-0.2, 0) is 4.79 Å². The first-order chi connectivity index (χ1) is 10.1. The molecule has 1 aromatic carbocycles. The van der Waals surface area contributed by atoms with Crippen LogP contribution in [0.3, 0.4) is 0 Å². The zero-order valence-electron chi connectivity index (χ0n) is 10.7. The molecule has 2 aromatic rings. The van der Waals surface area contributed by atoms with Gasteiger partial charge in [-0.1, -0.05) is 12.1 Å². The largest absolute Gasteiger partial charge is 0.476 e. The lowest BCUT2D eigenvalue weighted by Crippen LogP contribution is -2.14. The average Bonchev–Trinajstić information content (AvgIpc) is 2.45. The van der Waals surface area contributed by atoms with Crippen molar-refractivity contribution in [1.82, 2.24) is 9.97 Å². The zero-order valence-corrected chi connectivity index (χ0v) is 10.7. The number of aromatic nitrogens is 2. The SMILES string of the molecule is O=C(C=Cc1cccc(F)c1)Nc1nccnc1C(=O)O. The van der Waals surface area contributed by atoms with Crippen molar-refractivity contribution < 1.29 is 19.1 Å². The van der Waals surface area contributed by atoms with E-state index in [0.29, 0.717) is 5.56 Å². The average molecular weight is 287 g/mol. The number of aromatic carboxylic acids is 1. The van der Waals surface area contributed by atoms with Crippen molar-refractivity contribution in [2.75, 3.05) is 5.32 Å². The molecule has 7 heteroatoms. The lowest BCUT2D eigenvalue weighted by molar-refractivity contribution is -0.111. The Morgan fingerprint density at radius 1 is 1.24 bits per heavy atom. The van der Waals surface area contributed by atoms with Crippen molar-refractivity contribution in [2.45, 2.75) is 0 Å². The fourth-order valence-electron chi connectivity index (χ4n) is 1.53. The van der Waals surface area contributed by atoms with Crippen molar-refractivity contribution in [3.63, 3.8) is 0 Å². The maximum atomic E-state index is 13.0. The molecule has 1 aromatic heterocycles. The Morgan fingerprint density at radius 2 is 2.00 bits per heavy atom. The van der Waals surface area contributed by atoms with Gasteiger partial charge in [-0.25, -0.2) is 19.2 Å². The topological polar surface area (TPSA) is 92.2 Å². The summed E-state index contributed by atoms with van der Waals surface area (Å²) in [5.74, 6) is -2.46. The van der Waals surface area contributed by atoms with Crippen LogP contribution in [0.4, 0.5) is 10.2 Å². The van der Waals surface area contributed by atoms with Crippen LogP contribution < -0.4 is 5.32 Å². The van der Waals surface area contributed by atoms with Crippen LogP contribution in [0.2, 0.25) is 0 Å². The summed E-state index contributed by atoms with van der Waals surface area (Å²) in [7, 11) is 0. The summed E-state index contributed by atoms with van der Waals surface area (Å²) in [6, 6.07) is 5.68. The maximum Gasteiger partial charge on any atom is 0.358 e. The standard InChI is InChI=1S/C14H10FN3O3/c15-10-3-1-2-9(8-10)4-5-11(19)18-13-12(14(20)21)16-6-7-17-13/h1-8H,(H,20,21)(H,17,18,19). The summed E-state index contributed by atoms with van der Waals surface area (Å²) in [5.41, 5.74) is 0.146. The van der Waals surface area contributed by atoms with E-state index in [-0.39, 0.29) is 11.5 Å². The Hall–Kier alpha value is -3.09. The van der Waals surface area contributed by atoms with Gasteiger partial charge in [-0.15, -0.1) is 0 Å². The van der Waals surface area contributed by atoms with Gasteiger partial charge in [-0.2, -0.15) is 0 Å². The Bertz CT molecular complexity index is 716. The molecule has 2 N–H and O–H groups in total. The van der Waals surface area contributed by atoms with Crippen LogP contribution >= 0.6 is 0 Å². The van der Waals surface area contributed by atoms with Gasteiger partial charge >= 0.3 is 5.97 Å². The molecule has 21 heavy (non-hydrogen) atoms. The highest BCUT2D eigenvalue weighted by atomic mass is 19.1. The molecule has 1 heterocycles. The summed E-state index contributed by atoms with van der Waals surface area (Å²) in [5, 5.41) is 11.2. The van der Waals surface area contributed by atoms with Gasteiger partial charge in [0.15, 0.2) is 11.5 Å². The van der Waals surface area contributed by atoms with Crippen LogP contribution in [0.25, 0.3) is 6.08 Å². The minimum atomic E-state index is -1.30. The summed E-state index contributed by atoms with van der Waals surface area (Å²) in [6.45, 7) is 0. The fourth-order valence-corrected chi connectivity index (χ4v) is 1.53. The number of nitrogens with zero attached hydrogens (tertiary/aromatic N) is 2. The molecule has 1 amide bonds. The van der Waals surface area contributed by atoms with Gasteiger partial charge < -0.3 is 10.4 Å². The predicted molar refractivity (Wildman–Crippen MR) is 73.1 cm³/mol. The first-order valence-corrected chi connectivity index (χ1v) is 5.85. The molecular formula is C14H10FN3O3. The van der Waals surface area contributed by atoms with E-state index in [1.54, 1.807) is 6.07 Å². The third kappa shape index (κ3) is 3.93. The van der Waals surface area contributed by atoms with E-state index in [2.05, 4.69) is 15.3 Å². The predicted octanol–water partition coefficient (Wildman–Crippen LogP) is 1.97. The number of hydrogen-bond donors (Lipinski definition) is 2. The van der Waals surface area contributed by atoms with Crippen LogP contribution in [0.15, 0.2) is 42.7 Å². The molecule has 0 spiro atoms. The summed E-state index contributed by atoms with van der Waals surface area (Å²) >= 11 is 0. The molecule has 0 aliphatic rings. The number of benzene rings is 1. The molecule has 0 saturated heterocycles. The molecule has 6 nitrogen and oxygen atoms in total. The number of rotatable bonds is 4. The number of anilines is 1. The number of carboxylic acid groups (broad SMARTS) is 1. The Morgan fingerprint density at radius 3 is 2.71 bits per heavy atom. The number of halogens is 1. The number of nitrogens with one attached hydrogen (secondary N) is 1. The van der Waals surface area contributed by atoms with E-state index in [9.17, 15) is 14.0 Å². The van der Waals surface area contributed by atoms with E-state index in [4.69, 9.17) is 5.11 Å².